The molecule has 1 aromatic carbocycles. The first-order chi connectivity index (χ1) is 14.3. The number of rotatable bonds is 3. The van der Waals surface area contributed by atoms with E-state index in [0.29, 0.717) is 17.6 Å². The van der Waals surface area contributed by atoms with Crippen molar-refractivity contribution in [3.8, 4) is 0 Å². The number of fused-ring (bicyclic) bond motifs is 1. The van der Waals surface area contributed by atoms with E-state index in [2.05, 4.69) is 27.5 Å². The summed E-state index contributed by atoms with van der Waals surface area (Å²) in [5.41, 5.74) is 2.64. The van der Waals surface area contributed by atoms with Crippen LogP contribution < -0.4 is 21.1 Å². The van der Waals surface area contributed by atoms with Crippen molar-refractivity contribution >= 4 is 29.3 Å². The van der Waals surface area contributed by atoms with Gasteiger partial charge in [-0.2, -0.15) is 4.98 Å². The molecule has 0 bridgehead atoms. The summed E-state index contributed by atoms with van der Waals surface area (Å²) in [5, 5.41) is 5.52. The molecule has 0 saturated carbocycles. The highest BCUT2D eigenvalue weighted by molar-refractivity contribution is 6.04. The van der Waals surface area contributed by atoms with Crippen LogP contribution in [0, 0.1) is 19.8 Å². The zero-order valence-corrected chi connectivity index (χ0v) is 17.5. The van der Waals surface area contributed by atoms with Gasteiger partial charge in [0.2, 0.25) is 17.8 Å². The highest BCUT2D eigenvalue weighted by Crippen LogP contribution is 2.31. The molecule has 2 aromatic rings. The molecule has 3 heterocycles. The molecule has 4 rings (SSSR count). The molecule has 1 unspecified atom stereocenters. The average Bonchev–Trinajstić information content (AvgIpc) is 2.70. The van der Waals surface area contributed by atoms with Crippen LogP contribution in [0.4, 0.5) is 17.5 Å². The number of amides is 2. The molecule has 8 nitrogen and oxygen atoms in total. The van der Waals surface area contributed by atoms with Crippen LogP contribution in [0.2, 0.25) is 0 Å². The Balaban J connectivity index is 1.62. The predicted octanol–water partition coefficient (Wildman–Crippen LogP) is 2.69. The third-order valence-corrected chi connectivity index (χ3v) is 6.11. The normalized spacial score (nSPS) is 19.2. The van der Waals surface area contributed by atoms with E-state index in [1.54, 1.807) is 0 Å². The zero-order chi connectivity index (χ0) is 21.4. The second-order valence-corrected chi connectivity index (χ2v) is 8.41. The lowest BCUT2D eigenvalue weighted by atomic mass is 9.92. The third kappa shape index (κ3) is 3.94. The van der Waals surface area contributed by atoms with Gasteiger partial charge in [0.25, 0.3) is 5.56 Å². The van der Waals surface area contributed by atoms with Gasteiger partial charge in [-0.1, -0.05) is 13.0 Å². The molecular formula is C22H27N5O3. The van der Waals surface area contributed by atoms with E-state index >= 15 is 0 Å². The van der Waals surface area contributed by atoms with Crippen molar-refractivity contribution in [2.75, 3.05) is 28.6 Å². The Morgan fingerprint density at radius 2 is 1.90 bits per heavy atom. The van der Waals surface area contributed by atoms with Crippen molar-refractivity contribution in [3.63, 3.8) is 0 Å². The molecule has 2 amide bonds. The van der Waals surface area contributed by atoms with Crippen molar-refractivity contribution < 1.29 is 9.59 Å². The lowest BCUT2D eigenvalue weighted by Crippen LogP contribution is -2.39. The van der Waals surface area contributed by atoms with Gasteiger partial charge in [-0.25, -0.2) is 0 Å². The van der Waals surface area contributed by atoms with Crippen molar-refractivity contribution in [2.24, 2.45) is 5.92 Å². The standard InChI is InChI=1S/C22H27N5O3/c1-12-6-8-27(9-7-12)22-25-19-18(21(30)26-22)16(11-17(28)24-19)20(29)23-15-5-4-13(2)14(3)10-15/h4-5,10,12,16H,6-9,11H2,1-3H3,(H,23,29)(H2,24,25,26,28,30). The van der Waals surface area contributed by atoms with E-state index in [0.717, 1.165) is 37.1 Å². The summed E-state index contributed by atoms with van der Waals surface area (Å²) in [7, 11) is 0. The maximum atomic E-state index is 13.0. The third-order valence-electron chi connectivity index (χ3n) is 6.11. The number of hydrogen-bond acceptors (Lipinski definition) is 5. The Hall–Kier alpha value is -3.16. The summed E-state index contributed by atoms with van der Waals surface area (Å²) < 4.78 is 0. The second-order valence-electron chi connectivity index (χ2n) is 8.41. The first-order valence-corrected chi connectivity index (χ1v) is 10.4. The summed E-state index contributed by atoms with van der Waals surface area (Å²) in [6.45, 7) is 7.76. The lowest BCUT2D eigenvalue weighted by Gasteiger charge is -2.31. The van der Waals surface area contributed by atoms with Gasteiger partial charge in [-0.3, -0.25) is 19.4 Å². The number of nitrogens with one attached hydrogen (secondary N) is 3. The molecule has 0 aliphatic carbocycles. The number of piperidine rings is 1. The van der Waals surface area contributed by atoms with Gasteiger partial charge < -0.3 is 15.5 Å². The molecule has 8 heteroatoms. The minimum absolute atomic E-state index is 0.0883. The molecule has 3 N–H and O–H groups in total. The number of aromatic nitrogens is 2. The Morgan fingerprint density at radius 1 is 1.17 bits per heavy atom. The predicted molar refractivity (Wildman–Crippen MR) is 116 cm³/mol. The zero-order valence-electron chi connectivity index (χ0n) is 17.5. The molecule has 2 aliphatic heterocycles. The first-order valence-electron chi connectivity index (χ1n) is 10.4. The Bertz CT molecular complexity index is 1050. The van der Waals surface area contributed by atoms with Crippen LogP contribution in [-0.4, -0.2) is 34.9 Å². The number of benzene rings is 1. The monoisotopic (exact) mass is 409 g/mol. The van der Waals surface area contributed by atoms with Crippen LogP contribution in [0.3, 0.4) is 0 Å². The quantitative estimate of drug-likeness (QED) is 0.723. The smallest absolute Gasteiger partial charge is 0.258 e. The Kier molecular flexibility index (Phi) is 5.32. The fraction of sp³-hybridized carbons (Fsp3) is 0.455. The van der Waals surface area contributed by atoms with Gasteiger partial charge >= 0.3 is 0 Å². The van der Waals surface area contributed by atoms with Gasteiger partial charge in [-0.15, -0.1) is 0 Å². The summed E-state index contributed by atoms with van der Waals surface area (Å²) in [6, 6.07) is 5.61. The van der Waals surface area contributed by atoms with E-state index in [-0.39, 0.29) is 35.2 Å². The number of H-pyrrole nitrogens is 1. The number of hydrogen-bond donors (Lipinski definition) is 3. The first kappa shape index (κ1) is 20.1. The van der Waals surface area contributed by atoms with Crippen LogP contribution >= 0.6 is 0 Å². The van der Waals surface area contributed by atoms with E-state index in [9.17, 15) is 14.4 Å². The number of anilines is 3. The van der Waals surface area contributed by atoms with E-state index in [1.165, 1.54) is 0 Å². The number of carbonyl (C=O) groups is 2. The summed E-state index contributed by atoms with van der Waals surface area (Å²) >= 11 is 0. The second kappa shape index (κ2) is 7.93. The highest BCUT2D eigenvalue weighted by Gasteiger charge is 2.35. The fourth-order valence-electron chi connectivity index (χ4n) is 4.00. The molecule has 1 aromatic heterocycles. The van der Waals surface area contributed by atoms with Gasteiger partial charge in [-0.05, 0) is 55.9 Å². The number of aromatic amines is 1. The van der Waals surface area contributed by atoms with E-state index in [4.69, 9.17) is 0 Å². The van der Waals surface area contributed by atoms with Crippen molar-refractivity contribution in [1.82, 2.24) is 9.97 Å². The summed E-state index contributed by atoms with van der Waals surface area (Å²) in [5.74, 6) is -0.323. The molecule has 0 spiro atoms. The van der Waals surface area contributed by atoms with Gasteiger partial charge in [0, 0.05) is 25.2 Å². The Labute approximate surface area is 175 Å². The molecule has 1 fully saturated rings. The molecule has 1 atom stereocenters. The van der Waals surface area contributed by atoms with Crippen LogP contribution in [0.25, 0.3) is 0 Å². The molecule has 1 saturated heterocycles. The minimum atomic E-state index is -0.887. The summed E-state index contributed by atoms with van der Waals surface area (Å²) in [4.78, 5) is 47.5. The molecule has 30 heavy (non-hydrogen) atoms. The van der Waals surface area contributed by atoms with Crippen molar-refractivity contribution in [3.05, 3.63) is 45.2 Å². The average molecular weight is 409 g/mol. The van der Waals surface area contributed by atoms with Gasteiger partial charge in [0.05, 0.1) is 11.5 Å². The fourth-order valence-corrected chi connectivity index (χ4v) is 4.00. The SMILES string of the molecule is Cc1ccc(NC(=O)C2CC(=O)Nc3nc(N4CCC(C)CC4)[nH]c(=O)c32)cc1C. The topological polar surface area (TPSA) is 107 Å². The molecular weight excluding hydrogens is 382 g/mol. The van der Waals surface area contributed by atoms with E-state index in [1.807, 2.05) is 36.9 Å². The lowest BCUT2D eigenvalue weighted by molar-refractivity contribution is -0.123. The number of carbonyl (C=O) groups excluding carboxylic acids is 2. The summed E-state index contributed by atoms with van der Waals surface area (Å²) in [6.07, 6.45) is 1.96. The number of nitrogens with zero attached hydrogens (tertiary/aromatic N) is 2. The van der Waals surface area contributed by atoms with Crippen molar-refractivity contribution in [1.29, 1.82) is 0 Å². The largest absolute Gasteiger partial charge is 0.342 e. The molecule has 2 aliphatic rings. The highest BCUT2D eigenvalue weighted by atomic mass is 16.2. The van der Waals surface area contributed by atoms with Crippen LogP contribution in [0.1, 0.15) is 48.8 Å². The van der Waals surface area contributed by atoms with E-state index < -0.39 is 5.92 Å². The van der Waals surface area contributed by atoms with Crippen molar-refractivity contribution in [2.45, 2.75) is 46.0 Å². The van der Waals surface area contributed by atoms with Gasteiger partial charge in [0.15, 0.2) is 0 Å². The van der Waals surface area contributed by atoms with Crippen LogP contribution in [-0.2, 0) is 9.59 Å². The molecule has 0 radical (unpaired) electrons. The molecule has 158 valence electrons. The van der Waals surface area contributed by atoms with Crippen LogP contribution in [0.15, 0.2) is 23.0 Å². The maximum absolute atomic E-state index is 13.0. The van der Waals surface area contributed by atoms with Gasteiger partial charge in [0.1, 0.15) is 5.82 Å². The number of aryl methyl sites for hydroxylation is 2. The Morgan fingerprint density at radius 3 is 2.60 bits per heavy atom. The maximum Gasteiger partial charge on any atom is 0.258 e. The van der Waals surface area contributed by atoms with Crippen LogP contribution in [0.5, 0.6) is 0 Å². The minimum Gasteiger partial charge on any atom is -0.342 e.